The smallest absolute Gasteiger partial charge is 0.00105 e. The summed E-state index contributed by atoms with van der Waals surface area (Å²) < 4.78 is 0. The molecule has 1 unspecified atom stereocenters. The van der Waals surface area contributed by atoms with Gasteiger partial charge in [0.1, 0.15) is 0 Å². The van der Waals surface area contributed by atoms with E-state index in [2.05, 4.69) is 27.7 Å². The first-order valence-electron chi connectivity index (χ1n) is 6.19. The van der Waals surface area contributed by atoms with Crippen molar-refractivity contribution >= 4 is 0 Å². The lowest BCUT2D eigenvalue weighted by Crippen LogP contribution is -2.34. The van der Waals surface area contributed by atoms with Crippen molar-refractivity contribution in [1.82, 2.24) is 0 Å². The maximum atomic E-state index is 5.84. The summed E-state index contributed by atoms with van der Waals surface area (Å²) >= 11 is 0. The lowest BCUT2D eigenvalue weighted by atomic mass is 9.62. The topological polar surface area (TPSA) is 26.0 Å². The zero-order valence-electron chi connectivity index (χ0n) is 10.3. The molecule has 1 aliphatic rings. The molecule has 0 saturated heterocycles. The molecule has 0 radical (unpaired) electrons. The molecule has 0 heterocycles. The lowest BCUT2D eigenvalue weighted by molar-refractivity contribution is 0.0735. The minimum absolute atomic E-state index is 0.375. The maximum absolute atomic E-state index is 5.84. The third-order valence-corrected chi connectivity index (χ3v) is 4.10. The quantitative estimate of drug-likeness (QED) is 0.735. The van der Waals surface area contributed by atoms with Gasteiger partial charge >= 0.3 is 0 Å². The Morgan fingerprint density at radius 1 is 1.43 bits per heavy atom. The van der Waals surface area contributed by atoms with Gasteiger partial charge in [-0.1, -0.05) is 33.6 Å². The summed E-state index contributed by atoms with van der Waals surface area (Å²) in [5, 5.41) is 0. The van der Waals surface area contributed by atoms with Crippen LogP contribution in [0.4, 0.5) is 0 Å². The number of hydrogen-bond donors (Lipinski definition) is 1. The van der Waals surface area contributed by atoms with Crippen LogP contribution in [0, 0.1) is 17.3 Å². The molecule has 1 saturated carbocycles. The molecule has 0 aliphatic heterocycles. The molecule has 0 aromatic heterocycles. The van der Waals surface area contributed by atoms with Gasteiger partial charge in [0.05, 0.1) is 0 Å². The average molecular weight is 197 g/mol. The molecule has 84 valence electrons. The van der Waals surface area contributed by atoms with Crippen molar-refractivity contribution in [2.24, 2.45) is 23.0 Å². The van der Waals surface area contributed by atoms with Crippen LogP contribution >= 0.6 is 0 Å². The summed E-state index contributed by atoms with van der Waals surface area (Å²) in [7, 11) is 0. The molecular formula is C13H27N. The number of nitrogens with two attached hydrogens (primary N) is 1. The second-order valence-corrected chi connectivity index (χ2v) is 6.02. The molecule has 0 aromatic carbocycles. The summed E-state index contributed by atoms with van der Waals surface area (Å²) in [4.78, 5) is 0. The van der Waals surface area contributed by atoms with Crippen molar-refractivity contribution < 1.29 is 0 Å². The van der Waals surface area contributed by atoms with Crippen LogP contribution in [0.15, 0.2) is 0 Å². The van der Waals surface area contributed by atoms with E-state index in [9.17, 15) is 0 Å². The van der Waals surface area contributed by atoms with Gasteiger partial charge in [0.25, 0.3) is 0 Å². The molecule has 0 spiro atoms. The Labute approximate surface area is 89.5 Å². The zero-order chi connectivity index (χ0) is 10.8. The fourth-order valence-electron chi connectivity index (χ4n) is 3.15. The second-order valence-electron chi connectivity index (χ2n) is 6.02. The number of rotatable bonds is 3. The van der Waals surface area contributed by atoms with E-state index in [1.54, 1.807) is 0 Å². The van der Waals surface area contributed by atoms with Crippen LogP contribution in [-0.2, 0) is 0 Å². The van der Waals surface area contributed by atoms with Crippen molar-refractivity contribution in [2.45, 2.75) is 65.8 Å². The Morgan fingerprint density at radius 3 is 2.57 bits per heavy atom. The van der Waals surface area contributed by atoms with Crippen LogP contribution < -0.4 is 5.73 Å². The van der Waals surface area contributed by atoms with Gasteiger partial charge in [0, 0.05) is 6.04 Å². The minimum atomic E-state index is 0.375. The van der Waals surface area contributed by atoms with E-state index < -0.39 is 0 Å². The van der Waals surface area contributed by atoms with Gasteiger partial charge in [-0.15, -0.1) is 0 Å². The zero-order valence-corrected chi connectivity index (χ0v) is 10.3. The molecule has 1 heteroatoms. The molecular weight excluding hydrogens is 170 g/mol. The van der Waals surface area contributed by atoms with Crippen LogP contribution in [0.3, 0.4) is 0 Å². The summed E-state index contributed by atoms with van der Waals surface area (Å²) in [6, 6.07) is 0.375. The monoisotopic (exact) mass is 197 g/mol. The molecule has 0 aromatic rings. The van der Waals surface area contributed by atoms with Crippen LogP contribution in [0.25, 0.3) is 0 Å². The van der Waals surface area contributed by atoms with Crippen molar-refractivity contribution in [3.05, 3.63) is 0 Å². The summed E-state index contributed by atoms with van der Waals surface area (Å²) in [6.45, 7) is 9.43. The van der Waals surface area contributed by atoms with Crippen LogP contribution in [-0.4, -0.2) is 6.04 Å². The van der Waals surface area contributed by atoms with E-state index in [0.29, 0.717) is 11.5 Å². The van der Waals surface area contributed by atoms with Crippen LogP contribution in [0.2, 0.25) is 0 Å². The van der Waals surface area contributed by atoms with Crippen LogP contribution in [0.5, 0.6) is 0 Å². The molecule has 1 nitrogen and oxygen atoms in total. The highest BCUT2D eigenvalue weighted by Crippen LogP contribution is 2.46. The van der Waals surface area contributed by atoms with E-state index in [0.717, 1.165) is 11.8 Å². The maximum Gasteiger partial charge on any atom is 0.00105 e. The Kier molecular flexibility index (Phi) is 4.00. The fraction of sp³-hybridized carbons (Fsp3) is 1.00. The Morgan fingerprint density at radius 2 is 2.07 bits per heavy atom. The Bertz CT molecular complexity index is 172. The predicted octanol–water partition coefficient (Wildman–Crippen LogP) is 3.58. The van der Waals surface area contributed by atoms with Gasteiger partial charge in [-0.2, -0.15) is 0 Å². The first-order valence-corrected chi connectivity index (χ1v) is 6.19. The molecule has 1 rings (SSSR count). The van der Waals surface area contributed by atoms with Gasteiger partial charge in [0.15, 0.2) is 0 Å². The number of hydrogen-bond acceptors (Lipinski definition) is 1. The summed E-state index contributed by atoms with van der Waals surface area (Å²) in [5.74, 6) is 1.79. The van der Waals surface area contributed by atoms with Crippen molar-refractivity contribution in [1.29, 1.82) is 0 Å². The normalized spacial score (nSPS) is 34.1. The Hall–Kier alpha value is -0.0400. The Balaban J connectivity index is 2.52. The first-order chi connectivity index (χ1) is 6.43. The van der Waals surface area contributed by atoms with Gasteiger partial charge in [0.2, 0.25) is 0 Å². The van der Waals surface area contributed by atoms with E-state index >= 15 is 0 Å². The van der Waals surface area contributed by atoms with Crippen LogP contribution in [0.1, 0.15) is 59.8 Å². The fourth-order valence-corrected chi connectivity index (χ4v) is 3.15. The third kappa shape index (κ3) is 2.98. The molecule has 2 N–H and O–H groups in total. The van der Waals surface area contributed by atoms with E-state index in [1.807, 2.05) is 0 Å². The standard InChI is InChI=1S/C13H27N/c1-10-6-5-9-13(3,4)12(10)8-7-11(2)14/h10-12H,5-9,14H2,1-4H3/t10-,11?,12-/m1/s1. The third-order valence-electron chi connectivity index (χ3n) is 4.10. The second kappa shape index (κ2) is 4.65. The highest BCUT2D eigenvalue weighted by molar-refractivity contribution is 4.86. The summed E-state index contributed by atoms with van der Waals surface area (Å²) in [6.07, 6.45) is 6.77. The van der Waals surface area contributed by atoms with Gasteiger partial charge in [-0.05, 0) is 43.4 Å². The molecule has 3 atom stereocenters. The molecule has 0 amide bonds. The SMILES string of the molecule is CC(N)CC[C@@H]1[C@H](C)CCCC1(C)C. The van der Waals surface area contributed by atoms with Crippen molar-refractivity contribution in [3.8, 4) is 0 Å². The largest absolute Gasteiger partial charge is 0.328 e. The molecule has 1 fully saturated rings. The minimum Gasteiger partial charge on any atom is -0.328 e. The molecule has 14 heavy (non-hydrogen) atoms. The van der Waals surface area contributed by atoms with E-state index in [1.165, 1.54) is 32.1 Å². The highest BCUT2D eigenvalue weighted by Gasteiger charge is 2.36. The van der Waals surface area contributed by atoms with Crippen molar-refractivity contribution in [2.75, 3.05) is 0 Å². The lowest BCUT2D eigenvalue weighted by Gasteiger charge is -2.43. The highest BCUT2D eigenvalue weighted by atomic mass is 14.6. The van der Waals surface area contributed by atoms with Gasteiger partial charge in [-0.25, -0.2) is 0 Å². The van der Waals surface area contributed by atoms with E-state index in [-0.39, 0.29) is 0 Å². The van der Waals surface area contributed by atoms with E-state index in [4.69, 9.17) is 5.73 Å². The van der Waals surface area contributed by atoms with Gasteiger partial charge in [-0.3, -0.25) is 0 Å². The van der Waals surface area contributed by atoms with Gasteiger partial charge < -0.3 is 5.73 Å². The summed E-state index contributed by atoms with van der Waals surface area (Å²) in [5.41, 5.74) is 6.39. The molecule has 1 aliphatic carbocycles. The average Bonchev–Trinajstić information content (AvgIpc) is 2.01. The first kappa shape index (κ1) is 12.0. The molecule has 0 bridgehead atoms. The van der Waals surface area contributed by atoms with Crippen molar-refractivity contribution in [3.63, 3.8) is 0 Å². The predicted molar refractivity (Wildman–Crippen MR) is 63.2 cm³/mol.